The van der Waals surface area contributed by atoms with Gasteiger partial charge >= 0.3 is 0 Å². The van der Waals surface area contributed by atoms with Crippen LogP contribution in [-0.4, -0.2) is 0 Å². The van der Waals surface area contributed by atoms with Gasteiger partial charge in [0.2, 0.25) is 0 Å². The predicted molar refractivity (Wildman–Crippen MR) is 80.8 cm³/mol. The Morgan fingerprint density at radius 1 is 1.16 bits per heavy atom. The Bertz CT molecular complexity index is 581. The molecule has 0 heterocycles. The summed E-state index contributed by atoms with van der Waals surface area (Å²) in [6, 6.07) is 11.6. The van der Waals surface area contributed by atoms with Gasteiger partial charge in [-0.05, 0) is 54.3 Å². The summed E-state index contributed by atoms with van der Waals surface area (Å²) in [7, 11) is 0. The van der Waals surface area contributed by atoms with E-state index in [1.165, 1.54) is 0 Å². The second-order valence-electron chi connectivity index (χ2n) is 4.53. The number of halogens is 1. The lowest BCUT2D eigenvalue weighted by Gasteiger charge is -2.11. The molecular formula is C16H18ClNO. The first-order valence-electron chi connectivity index (χ1n) is 6.37. The number of hydrogen-bond acceptors (Lipinski definition) is 2. The van der Waals surface area contributed by atoms with Gasteiger partial charge in [0.15, 0.2) is 0 Å². The Morgan fingerprint density at radius 3 is 2.68 bits per heavy atom. The zero-order valence-corrected chi connectivity index (χ0v) is 12.0. The molecule has 2 nitrogen and oxygen atoms in total. The fraction of sp³-hybridized carbons (Fsp3) is 0.250. The van der Waals surface area contributed by atoms with Crippen LogP contribution in [0.4, 0.5) is 5.69 Å². The summed E-state index contributed by atoms with van der Waals surface area (Å²) in [5.74, 6) is 0.836. The highest BCUT2D eigenvalue weighted by Gasteiger charge is 2.04. The number of aryl methyl sites for hydroxylation is 1. The van der Waals surface area contributed by atoms with Crippen molar-refractivity contribution in [3.05, 3.63) is 58.1 Å². The third-order valence-corrected chi connectivity index (χ3v) is 3.65. The maximum atomic E-state index is 6.09. The molecular weight excluding hydrogens is 258 g/mol. The van der Waals surface area contributed by atoms with Gasteiger partial charge in [-0.2, -0.15) is 0 Å². The molecule has 0 spiro atoms. The molecule has 0 radical (unpaired) electrons. The molecule has 2 N–H and O–H groups in total. The van der Waals surface area contributed by atoms with E-state index < -0.39 is 0 Å². The van der Waals surface area contributed by atoms with Crippen molar-refractivity contribution in [2.75, 3.05) is 5.73 Å². The van der Waals surface area contributed by atoms with Crippen molar-refractivity contribution in [1.29, 1.82) is 0 Å². The van der Waals surface area contributed by atoms with E-state index in [9.17, 15) is 0 Å². The Labute approximate surface area is 119 Å². The molecule has 2 aromatic rings. The van der Waals surface area contributed by atoms with Gasteiger partial charge in [-0.3, -0.25) is 0 Å². The first-order valence-corrected chi connectivity index (χ1v) is 6.74. The summed E-state index contributed by atoms with van der Waals surface area (Å²) in [6.45, 7) is 4.60. The lowest BCUT2D eigenvalue weighted by Crippen LogP contribution is -2.01. The molecule has 2 rings (SSSR count). The van der Waals surface area contributed by atoms with Crippen LogP contribution in [0, 0.1) is 6.92 Å². The molecule has 0 fully saturated rings. The van der Waals surface area contributed by atoms with E-state index in [0.717, 1.165) is 39.6 Å². The molecule has 0 aliphatic carbocycles. The van der Waals surface area contributed by atoms with Crippen LogP contribution in [0.5, 0.6) is 5.75 Å². The second-order valence-corrected chi connectivity index (χ2v) is 4.93. The average molecular weight is 276 g/mol. The van der Waals surface area contributed by atoms with Crippen molar-refractivity contribution in [1.82, 2.24) is 0 Å². The highest BCUT2D eigenvalue weighted by molar-refractivity contribution is 6.31. The molecule has 0 bridgehead atoms. The van der Waals surface area contributed by atoms with Gasteiger partial charge in [0.05, 0.1) is 0 Å². The summed E-state index contributed by atoms with van der Waals surface area (Å²) in [4.78, 5) is 0. The number of hydrogen-bond donors (Lipinski definition) is 1. The van der Waals surface area contributed by atoms with E-state index in [4.69, 9.17) is 22.1 Å². The molecule has 0 atom stereocenters. The summed E-state index contributed by atoms with van der Waals surface area (Å²) in [5, 5.41) is 0.787. The van der Waals surface area contributed by atoms with E-state index in [0.29, 0.717) is 6.61 Å². The first kappa shape index (κ1) is 13.8. The lowest BCUT2D eigenvalue weighted by molar-refractivity contribution is 0.305. The summed E-state index contributed by atoms with van der Waals surface area (Å²) >= 11 is 6.09. The minimum Gasteiger partial charge on any atom is -0.489 e. The molecule has 0 aliphatic rings. The number of nitrogen functional groups attached to an aromatic ring is 1. The van der Waals surface area contributed by atoms with Crippen molar-refractivity contribution in [2.24, 2.45) is 0 Å². The molecule has 19 heavy (non-hydrogen) atoms. The summed E-state index contributed by atoms with van der Waals surface area (Å²) in [6.07, 6.45) is 0.896. The maximum absolute atomic E-state index is 6.09. The van der Waals surface area contributed by atoms with Crippen LogP contribution in [0.1, 0.15) is 23.6 Å². The third-order valence-electron chi connectivity index (χ3n) is 3.28. The molecule has 2 aromatic carbocycles. The summed E-state index contributed by atoms with van der Waals surface area (Å²) < 4.78 is 5.81. The van der Waals surface area contributed by atoms with E-state index in [-0.39, 0.29) is 0 Å². The van der Waals surface area contributed by atoms with Crippen molar-refractivity contribution in [3.8, 4) is 5.75 Å². The smallest absolute Gasteiger partial charge is 0.120 e. The SMILES string of the molecule is CCc1cc(OCc2cccc(N)c2C)ccc1Cl. The number of ether oxygens (including phenoxy) is 1. The van der Waals surface area contributed by atoms with Crippen LogP contribution in [0.2, 0.25) is 5.02 Å². The number of benzene rings is 2. The highest BCUT2D eigenvalue weighted by Crippen LogP contribution is 2.24. The van der Waals surface area contributed by atoms with Crippen LogP contribution in [0.25, 0.3) is 0 Å². The van der Waals surface area contributed by atoms with Crippen LogP contribution in [0.3, 0.4) is 0 Å². The topological polar surface area (TPSA) is 35.2 Å². The van der Waals surface area contributed by atoms with Crippen molar-refractivity contribution in [2.45, 2.75) is 26.9 Å². The molecule has 0 amide bonds. The van der Waals surface area contributed by atoms with E-state index in [1.54, 1.807) is 0 Å². The van der Waals surface area contributed by atoms with Crippen molar-refractivity contribution in [3.63, 3.8) is 0 Å². The minimum atomic E-state index is 0.516. The Morgan fingerprint density at radius 2 is 1.95 bits per heavy atom. The van der Waals surface area contributed by atoms with Gasteiger partial charge in [0.25, 0.3) is 0 Å². The van der Waals surface area contributed by atoms with Gasteiger partial charge in [-0.1, -0.05) is 30.7 Å². The van der Waals surface area contributed by atoms with Crippen LogP contribution >= 0.6 is 11.6 Å². The highest BCUT2D eigenvalue weighted by atomic mass is 35.5. The first-order chi connectivity index (χ1) is 9.11. The zero-order valence-electron chi connectivity index (χ0n) is 11.2. The third kappa shape index (κ3) is 3.21. The van der Waals surface area contributed by atoms with Crippen LogP contribution < -0.4 is 10.5 Å². The molecule has 0 saturated carbocycles. The average Bonchev–Trinajstić information content (AvgIpc) is 2.42. The Hall–Kier alpha value is -1.67. The zero-order chi connectivity index (χ0) is 13.8. The normalized spacial score (nSPS) is 10.5. The van der Waals surface area contributed by atoms with Gasteiger partial charge in [-0.25, -0.2) is 0 Å². The number of nitrogens with two attached hydrogens (primary N) is 1. The largest absolute Gasteiger partial charge is 0.489 e. The minimum absolute atomic E-state index is 0.516. The van der Waals surface area contributed by atoms with Gasteiger partial charge in [-0.15, -0.1) is 0 Å². The lowest BCUT2D eigenvalue weighted by atomic mass is 10.1. The van der Waals surface area contributed by atoms with Gasteiger partial charge in [0.1, 0.15) is 12.4 Å². The number of rotatable bonds is 4. The van der Waals surface area contributed by atoms with Gasteiger partial charge in [0, 0.05) is 10.7 Å². The van der Waals surface area contributed by atoms with Crippen molar-refractivity contribution >= 4 is 17.3 Å². The molecule has 0 unspecified atom stereocenters. The number of anilines is 1. The fourth-order valence-corrected chi connectivity index (χ4v) is 2.18. The Balaban J connectivity index is 2.12. The van der Waals surface area contributed by atoms with E-state index in [1.807, 2.05) is 43.3 Å². The Kier molecular flexibility index (Phi) is 4.33. The molecule has 0 aliphatic heterocycles. The standard InChI is InChI=1S/C16H18ClNO/c1-3-12-9-14(7-8-15(12)17)19-10-13-5-4-6-16(18)11(13)2/h4-9H,3,10,18H2,1-2H3. The summed E-state index contributed by atoms with van der Waals surface area (Å²) in [5.41, 5.74) is 9.96. The molecule has 0 aromatic heterocycles. The quantitative estimate of drug-likeness (QED) is 0.841. The van der Waals surface area contributed by atoms with Gasteiger partial charge < -0.3 is 10.5 Å². The fourth-order valence-electron chi connectivity index (χ4n) is 1.93. The monoisotopic (exact) mass is 275 g/mol. The van der Waals surface area contributed by atoms with E-state index in [2.05, 4.69) is 6.92 Å². The maximum Gasteiger partial charge on any atom is 0.120 e. The van der Waals surface area contributed by atoms with Crippen LogP contribution in [0.15, 0.2) is 36.4 Å². The molecule has 0 saturated heterocycles. The van der Waals surface area contributed by atoms with Crippen LogP contribution in [-0.2, 0) is 13.0 Å². The molecule has 3 heteroatoms. The van der Waals surface area contributed by atoms with Crippen molar-refractivity contribution < 1.29 is 4.74 Å². The second kappa shape index (κ2) is 5.98. The van der Waals surface area contributed by atoms with E-state index >= 15 is 0 Å². The predicted octanol–water partition coefficient (Wildman–Crippen LogP) is 4.37. The molecule has 100 valence electrons.